The number of aliphatic carboxylic acids is 1. The van der Waals surface area contributed by atoms with Gasteiger partial charge in [-0.1, -0.05) is 42.4 Å². The predicted octanol–water partition coefficient (Wildman–Crippen LogP) is 2.27. The van der Waals surface area contributed by atoms with E-state index in [4.69, 9.17) is 5.21 Å². The van der Waals surface area contributed by atoms with Crippen LogP contribution in [0.25, 0.3) is 0 Å². The minimum atomic E-state index is -0.956. The van der Waals surface area contributed by atoms with E-state index in [0.29, 0.717) is 18.6 Å². The molecular formula is C13H15NO3. The summed E-state index contributed by atoms with van der Waals surface area (Å²) in [6.45, 7) is 1.81. The summed E-state index contributed by atoms with van der Waals surface area (Å²) < 4.78 is 0. The van der Waals surface area contributed by atoms with Gasteiger partial charge in [0.25, 0.3) is 0 Å². The average molecular weight is 233 g/mol. The van der Waals surface area contributed by atoms with Crippen molar-refractivity contribution in [2.45, 2.75) is 25.2 Å². The lowest BCUT2D eigenvalue weighted by molar-refractivity contribution is -0.144. The van der Waals surface area contributed by atoms with Crippen molar-refractivity contribution in [3.8, 4) is 0 Å². The van der Waals surface area contributed by atoms with Crippen molar-refractivity contribution in [1.82, 2.24) is 0 Å². The summed E-state index contributed by atoms with van der Waals surface area (Å²) in [6, 6.07) is 9.18. The van der Waals surface area contributed by atoms with Gasteiger partial charge in [-0.25, -0.2) is 0 Å². The molecule has 1 aliphatic rings. The van der Waals surface area contributed by atoms with Crippen molar-refractivity contribution in [2.24, 2.45) is 11.1 Å². The zero-order valence-corrected chi connectivity index (χ0v) is 9.63. The van der Waals surface area contributed by atoms with Gasteiger partial charge in [-0.05, 0) is 18.4 Å². The van der Waals surface area contributed by atoms with Crippen molar-refractivity contribution in [3.63, 3.8) is 0 Å². The Morgan fingerprint density at radius 3 is 2.53 bits per heavy atom. The molecule has 17 heavy (non-hydrogen) atoms. The van der Waals surface area contributed by atoms with E-state index >= 15 is 0 Å². The molecule has 1 aromatic carbocycles. The molecule has 0 bridgehead atoms. The van der Waals surface area contributed by atoms with Crippen LogP contribution in [-0.2, 0) is 10.2 Å². The number of hydrogen-bond donors (Lipinski definition) is 2. The third-order valence-electron chi connectivity index (χ3n) is 3.81. The zero-order chi connectivity index (χ0) is 12.5. The SMILES string of the molecule is C[C@H]1/C(=N/O)CC[C@]1(C(=O)O)c1ccccc1. The first-order valence-electron chi connectivity index (χ1n) is 5.62. The van der Waals surface area contributed by atoms with Gasteiger partial charge in [-0.3, -0.25) is 4.79 Å². The van der Waals surface area contributed by atoms with E-state index in [9.17, 15) is 9.90 Å². The molecule has 4 nitrogen and oxygen atoms in total. The summed E-state index contributed by atoms with van der Waals surface area (Å²) in [5, 5.41) is 21.7. The van der Waals surface area contributed by atoms with Gasteiger partial charge in [-0.15, -0.1) is 0 Å². The van der Waals surface area contributed by atoms with Crippen LogP contribution in [0.2, 0.25) is 0 Å². The van der Waals surface area contributed by atoms with Crippen LogP contribution in [0.1, 0.15) is 25.3 Å². The molecule has 0 radical (unpaired) electrons. The largest absolute Gasteiger partial charge is 0.481 e. The van der Waals surface area contributed by atoms with Crippen LogP contribution < -0.4 is 0 Å². The quantitative estimate of drug-likeness (QED) is 0.608. The Hall–Kier alpha value is -1.84. The molecule has 2 rings (SSSR count). The van der Waals surface area contributed by atoms with Crippen LogP contribution in [0, 0.1) is 5.92 Å². The highest BCUT2D eigenvalue weighted by atomic mass is 16.4. The maximum Gasteiger partial charge on any atom is 0.314 e. The third kappa shape index (κ3) is 1.60. The van der Waals surface area contributed by atoms with Gasteiger partial charge in [0.2, 0.25) is 0 Å². The monoisotopic (exact) mass is 233 g/mol. The number of rotatable bonds is 2. The Labute approximate surface area is 99.6 Å². The molecule has 0 amide bonds. The van der Waals surface area contributed by atoms with Crippen LogP contribution >= 0.6 is 0 Å². The smallest absolute Gasteiger partial charge is 0.314 e. The van der Waals surface area contributed by atoms with Gasteiger partial charge in [0.15, 0.2) is 0 Å². The molecule has 1 saturated carbocycles. The molecule has 2 N–H and O–H groups in total. The lowest BCUT2D eigenvalue weighted by Gasteiger charge is -2.29. The highest BCUT2D eigenvalue weighted by Crippen LogP contribution is 2.44. The second-order valence-electron chi connectivity index (χ2n) is 4.46. The molecule has 0 heterocycles. The Morgan fingerprint density at radius 2 is 2.06 bits per heavy atom. The lowest BCUT2D eigenvalue weighted by Crippen LogP contribution is -2.39. The Bertz CT molecular complexity index is 455. The molecule has 0 unspecified atom stereocenters. The molecule has 1 aliphatic carbocycles. The molecule has 0 saturated heterocycles. The molecule has 1 aromatic rings. The van der Waals surface area contributed by atoms with Crippen molar-refractivity contribution >= 4 is 11.7 Å². The maximum atomic E-state index is 11.7. The predicted molar refractivity (Wildman–Crippen MR) is 63.4 cm³/mol. The molecule has 4 heteroatoms. The average Bonchev–Trinajstić information content (AvgIpc) is 2.68. The first-order valence-corrected chi connectivity index (χ1v) is 5.62. The highest BCUT2D eigenvalue weighted by molar-refractivity contribution is 5.98. The maximum absolute atomic E-state index is 11.7. The number of benzene rings is 1. The topological polar surface area (TPSA) is 69.9 Å². The summed E-state index contributed by atoms with van der Waals surface area (Å²) in [6.07, 6.45) is 1.01. The van der Waals surface area contributed by atoms with E-state index in [2.05, 4.69) is 5.16 Å². The molecule has 2 atom stereocenters. The second-order valence-corrected chi connectivity index (χ2v) is 4.46. The fraction of sp³-hybridized carbons (Fsp3) is 0.385. The minimum absolute atomic E-state index is 0.285. The van der Waals surface area contributed by atoms with Crippen molar-refractivity contribution in [1.29, 1.82) is 0 Å². The van der Waals surface area contributed by atoms with Crippen LogP contribution in [0.15, 0.2) is 35.5 Å². The van der Waals surface area contributed by atoms with Crippen LogP contribution in [0.5, 0.6) is 0 Å². The van der Waals surface area contributed by atoms with Gasteiger partial charge >= 0.3 is 5.97 Å². The Morgan fingerprint density at radius 1 is 1.41 bits per heavy atom. The highest BCUT2D eigenvalue weighted by Gasteiger charge is 2.51. The number of carboxylic acids is 1. The zero-order valence-electron chi connectivity index (χ0n) is 9.63. The number of hydrogen-bond acceptors (Lipinski definition) is 3. The standard InChI is InChI=1S/C13H15NO3/c1-9-11(14-17)7-8-13(9,12(15)16)10-5-3-2-4-6-10/h2-6,9,17H,7-8H2,1H3,(H,15,16)/b14-11+/t9-,13+/m0/s1. The van der Waals surface area contributed by atoms with E-state index in [1.165, 1.54) is 0 Å². The summed E-state index contributed by atoms with van der Waals surface area (Å²) in [5.41, 5.74) is 0.387. The molecule has 0 aliphatic heterocycles. The number of carboxylic acid groups (broad SMARTS) is 1. The van der Waals surface area contributed by atoms with Gasteiger partial charge in [0, 0.05) is 5.92 Å². The fourth-order valence-corrected chi connectivity index (χ4v) is 2.72. The van der Waals surface area contributed by atoms with Gasteiger partial charge in [0.1, 0.15) is 5.41 Å². The van der Waals surface area contributed by atoms with Gasteiger partial charge in [0.05, 0.1) is 5.71 Å². The molecular weight excluding hydrogens is 218 g/mol. The van der Waals surface area contributed by atoms with Gasteiger partial charge < -0.3 is 10.3 Å². The van der Waals surface area contributed by atoms with Crippen molar-refractivity contribution < 1.29 is 15.1 Å². The molecule has 0 spiro atoms. The molecule has 1 fully saturated rings. The van der Waals surface area contributed by atoms with Crippen molar-refractivity contribution in [2.75, 3.05) is 0 Å². The third-order valence-corrected chi connectivity index (χ3v) is 3.81. The molecule has 0 aromatic heterocycles. The van der Waals surface area contributed by atoms with E-state index in [1.807, 2.05) is 37.3 Å². The van der Waals surface area contributed by atoms with Crippen LogP contribution in [-0.4, -0.2) is 22.0 Å². The second kappa shape index (κ2) is 4.20. The van der Waals surface area contributed by atoms with E-state index in [-0.39, 0.29) is 5.92 Å². The summed E-state index contributed by atoms with van der Waals surface area (Å²) in [5.74, 6) is -1.14. The summed E-state index contributed by atoms with van der Waals surface area (Å²) in [4.78, 5) is 11.7. The lowest BCUT2D eigenvalue weighted by atomic mass is 9.73. The van der Waals surface area contributed by atoms with E-state index in [0.717, 1.165) is 5.56 Å². The van der Waals surface area contributed by atoms with E-state index < -0.39 is 11.4 Å². The van der Waals surface area contributed by atoms with Crippen LogP contribution in [0.4, 0.5) is 0 Å². The fourth-order valence-electron chi connectivity index (χ4n) is 2.72. The molecule has 90 valence electrons. The first kappa shape index (κ1) is 11.6. The normalized spacial score (nSPS) is 30.6. The Kier molecular flexibility index (Phi) is 2.88. The van der Waals surface area contributed by atoms with Crippen molar-refractivity contribution in [3.05, 3.63) is 35.9 Å². The summed E-state index contributed by atoms with van der Waals surface area (Å²) >= 11 is 0. The van der Waals surface area contributed by atoms with Crippen LogP contribution in [0.3, 0.4) is 0 Å². The number of carbonyl (C=O) groups is 1. The summed E-state index contributed by atoms with van der Waals surface area (Å²) in [7, 11) is 0. The minimum Gasteiger partial charge on any atom is -0.481 e. The number of nitrogens with zero attached hydrogens (tertiary/aromatic N) is 1. The van der Waals surface area contributed by atoms with Gasteiger partial charge in [-0.2, -0.15) is 0 Å². The first-order chi connectivity index (χ1) is 8.13. The number of oxime groups is 1. The van der Waals surface area contributed by atoms with E-state index in [1.54, 1.807) is 0 Å². The Balaban J connectivity index is 2.53.